The van der Waals surface area contributed by atoms with Gasteiger partial charge in [-0.1, -0.05) is 30.3 Å². The molecule has 0 saturated carbocycles. The molecule has 0 bridgehead atoms. The minimum absolute atomic E-state index is 0.143. The van der Waals surface area contributed by atoms with Crippen LogP contribution in [-0.2, 0) is 31.6 Å². The number of ether oxygens (including phenoxy) is 1. The Morgan fingerprint density at radius 3 is 2.62 bits per heavy atom. The van der Waals surface area contributed by atoms with Crippen LogP contribution in [0.3, 0.4) is 0 Å². The van der Waals surface area contributed by atoms with Crippen LogP contribution in [0, 0.1) is 6.92 Å². The van der Waals surface area contributed by atoms with Gasteiger partial charge in [-0.3, -0.25) is 19.8 Å². The Morgan fingerprint density at radius 2 is 1.95 bits per heavy atom. The average Bonchev–Trinajstić information content (AvgIpc) is 3.17. The number of likely N-dealkylation sites (tertiary alicyclic amines) is 1. The van der Waals surface area contributed by atoms with Crippen molar-refractivity contribution >= 4 is 32.6 Å². The molecule has 4 rings (SSSR count). The molecule has 3 aromatic rings. The molecule has 1 fully saturated rings. The summed E-state index contributed by atoms with van der Waals surface area (Å²) in [5.74, 6) is -1.09. The first-order valence-corrected chi connectivity index (χ1v) is 13.9. The van der Waals surface area contributed by atoms with E-state index in [-0.39, 0.29) is 25.1 Å². The standard InChI is InChI=1S/C26H30N4O6S/c1-17-15-18(21-5-3-4-6-22(21)28-17)16-36-20-9-7-19(8-10-20)26(27)12-13-30(25(26)32)23(24(31)29-33)11-14-37(2,34)35/h3-10,15,23,33H,11-14,16,27H2,1-2H3,(H,29,31)/t23?,26-/m1/s1. The molecule has 196 valence electrons. The first kappa shape index (κ1) is 26.5. The summed E-state index contributed by atoms with van der Waals surface area (Å²) in [6.07, 6.45) is 1.12. The Morgan fingerprint density at radius 1 is 1.24 bits per heavy atom. The lowest BCUT2D eigenvalue weighted by atomic mass is 9.89. The molecule has 2 atom stereocenters. The summed E-state index contributed by atoms with van der Waals surface area (Å²) in [7, 11) is -3.38. The zero-order valence-corrected chi connectivity index (χ0v) is 21.5. The summed E-state index contributed by atoms with van der Waals surface area (Å²) in [4.78, 5) is 31.3. The van der Waals surface area contributed by atoms with Gasteiger partial charge in [-0.05, 0) is 49.6 Å². The van der Waals surface area contributed by atoms with Gasteiger partial charge in [0.05, 0.1) is 11.3 Å². The van der Waals surface area contributed by atoms with Gasteiger partial charge in [-0.2, -0.15) is 0 Å². The third kappa shape index (κ3) is 5.74. The summed E-state index contributed by atoms with van der Waals surface area (Å²) >= 11 is 0. The first-order chi connectivity index (χ1) is 17.5. The minimum atomic E-state index is -3.38. The number of nitrogens with one attached hydrogen (secondary N) is 1. The lowest BCUT2D eigenvalue weighted by Gasteiger charge is -2.29. The molecule has 1 unspecified atom stereocenters. The number of nitrogens with zero attached hydrogens (tertiary/aromatic N) is 2. The Bertz CT molecular complexity index is 1430. The summed E-state index contributed by atoms with van der Waals surface area (Å²) < 4.78 is 29.2. The fourth-order valence-electron chi connectivity index (χ4n) is 4.68. The molecule has 0 radical (unpaired) electrons. The maximum absolute atomic E-state index is 13.3. The molecule has 37 heavy (non-hydrogen) atoms. The van der Waals surface area contributed by atoms with Crippen LogP contribution in [0.5, 0.6) is 5.75 Å². The molecule has 4 N–H and O–H groups in total. The highest BCUT2D eigenvalue weighted by molar-refractivity contribution is 7.90. The molecule has 1 aliphatic rings. The zero-order valence-electron chi connectivity index (χ0n) is 20.7. The maximum Gasteiger partial charge on any atom is 0.266 e. The van der Waals surface area contributed by atoms with Gasteiger partial charge in [-0.15, -0.1) is 0 Å². The molecule has 1 saturated heterocycles. The highest BCUT2D eigenvalue weighted by Crippen LogP contribution is 2.34. The van der Waals surface area contributed by atoms with Gasteiger partial charge in [0.2, 0.25) is 5.91 Å². The molecule has 0 spiro atoms. The summed E-state index contributed by atoms with van der Waals surface area (Å²) in [5, 5.41) is 10.1. The van der Waals surface area contributed by atoms with Crippen LogP contribution in [-0.4, -0.2) is 59.9 Å². The SMILES string of the molecule is Cc1cc(COc2ccc([C@]3(N)CCN(C(CCS(C)(=O)=O)C(=O)NO)C3=O)cc2)c2ccccc2n1. The second-order valence-corrected chi connectivity index (χ2v) is 11.6. The van der Waals surface area contributed by atoms with E-state index in [1.165, 1.54) is 10.4 Å². The number of para-hydroxylation sites is 1. The van der Waals surface area contributed by atoms with Gasteiger partial charge in [-0.25, -0.2) is 13.9 Å². The van der Waals surface area contributed by atoms with Crippen molar-refractivity contribution in [2.24, 2.45) is 5.73 Å². The van der Waals surface area contributed by atoms with Crippen LogP contribution < -0.4 is 16.0 Å². The van der Waals surface area contributed by atoms with E-state index in [1.54, 1.807) is 24.3 Å². The number of aromatic nitrogens is 1. The monoisotopic (exact) mass is 526 g/mol. The molecule has 2 amide bonds. The number of hydrogen-bond donors (Lipinski definition) is 3. The highest BCUT2D eigenvalue weighted by atomic mass is 32.2. The third-order valence-corrected chi connectivity index (χ3v) is 7.61. The molecular formula is C26H30N4O6S. The number of amides is 2. The van der Waals surface area contributed by atoms with E-state index in [0.29, 0.717) is 17.9 Å². The predicted molar refractivity (Wildman–Crippen MR) is 137 cm³/mol. The van der Waals surface area contributed by atoms with Crippen molar-refractivity contribution in [3.05, 3.63) is 71.4 Å². The van der Waals surface area contributed by atoms with E-state index in [0.717, 1.165) is 28.4 Å². The van der Waals surface area contributed by atoms with Crippen LogP contribution in [0.25, 0.3) is 10.9 Å². The van der Waals surface area contributed by atoms with Gasteiger partial charge in [0.25, 0.3) is 5.91 Å². The fourth-order valence-corrected chi connectivity index (χ4v) is 5.33. The van der Waals surface area contributed by atoms with E-state index < -0.39 is 33.2 Å². The smallest absolute Gasteiger partial charge is 0.266 e. The van der Waals surface area contributed by atoms with E-state index in [9.17, 15) is 18.0 Å². The molecule has 10 nitrogen and oxygen atoms in total. The zero-order chi connectivity index (χ0) is 26.8. The maximum atomic E-state index is 13.3. The van der Waals surface area contributed by atoms with Crippen molar-refractivity contribution in [3.63, 3.8) is 0 Å². The van der Waals surface area contributed by atoms with Gasteiger partial charge >= 0.3 is 0 Å². The number of aryl methyl sites for hydroxylation is 1. The topological polar surface area (TPSA) is 152 Å². The molecule has 11 heteroatoms. The fraction of sp³-hybridized carbons (Fsp3) is 0.346. The van der Waals surface area contributed by atoms with Crippen molar-refractivity contribution in [1.29, 1.82) is 0 Å². The van der Waals surface area contributed by atoms with Gasteiger partial charge in [0.1, 0.15) is 33.8 Å². The van der Waals surface area contributed by atoms with Crippen molar-refractivity contribution in [1.82, 2.24) is 15.4 Å². The highest BCUT2D eigenvalue weighted by Gasteiger charge is 2.48. The number of rotatable bonds is 9. The third-order valence-electron chi connectivity index (χ3n) is 6.63. The number of hydrogen-bond acceptors (Lipinski definition) is 8. The lowest BCUT2D eigenvalue weighted by molar-refractivity contribution is -0.144. The quantitative estimate of drug-likeness (QED) is 0.282. The number of benzene rings is 2. The number of fused-ring (bicyclic) bond motifs is 1. The molecule has 1 aromatic heterocycles. The Balaban J connectivity index is 1.48. The van der Waals surface area contributed by atoms with Gasteiger partial charge in [0.15, 0.2) is 0 Å². The van der Waals surface area contributed by atoms with E-state index in [2.05, 4.69) is 4.98 Å². The summed E-state index contributed by atoms with van der Waals surface area (Å²) in [5.41, 5.74) is 10.00. The van der Waals surface area contributed by atoms with Crippen LogP contribution in [0.1, 0.15) is 29.7 Å². The van der Waals surface area contributed by atoms with Crippen LogP contribution >= 0.6 is 0 Å². The number of carbonyl (C=O) groups is 2. The number of carbonyl (C=O) groups excluding carboxylic acids is 2. The normalized spacial score (nSPS) is 18.7. The van der Waals surface area contributed by atoms with Crippen LogP contribution in [0.4, 0.5) is 0 Å². The second-order valence-electron chi connectivity index (χ2n) is 9.38. The summed E-state index contributed by atoms with van der Waals surface area (Å²) in [6, 6.07) is 15.6. The molecular weight excluding hydrogens is 496 g/mol. The van der Waals surface area contributed by atoms with Gasteiger partial charge in [0, 0.05) is 29.4 Å². The number of hydroxylamine groups is 1. The van der Waals surface area contributed by atoms with Crippen molar-refractivity contribution in [2.45, 2.75) is 38.0 Å². The largest absolute Gasteiger partial charge is 0.489 e. The van der Waals surface area contributed by atoms with Crippen molar-refractivity contribution in [2.75, 3.05) is 18.6 Å². The lowest BCUT2D eigenvalue weighted by Crippen LogP contribution is -2.52. The Labute approximate surface area is 215 Å². The molecule has 2 aromatic carbocycles. The number of sulfone groups is 1. The number of nitrogens with two attached hydrogens (primary N) is 1. The Kier molecular flexibility index (Phi) is 7.49. The van der Waals surface area contributed by atoms with Crippen LogP contribution in [0.2, 0.25) is 0 Å². The van der Waals surface area contributed by atoms with Gasteiger partial charge < -0.3 is 15.4 Å². The predicted octanol–water partition coefficient (Wildman–Crippen LogP) is 1.82. The Hall–Kier alpha value is -3.54. The van der Waals surface area contributed by atoms with E-state index in [4.69, 9.17) is 15.7 Å². The molecule has 1 aliphatic heterocycles. The summed E-state index contributed by atoms with van der Waals surface area (Å²) in [6.45, 7) is 2.41. The number of pyridine rings is 1. The first-order valence-electron chi connectivity index (χ1n) is 11.8. The van der Waals surface area contributed by atoms with Crippen molar-refractivity contribution in [3.8, 4) is 5.75 Å². The van der Waals surface area contributed by atoms with Crippen LogP contribution in [0.15, 0.2) is 54.6 Å². The minimum Gasteiger partial charge on any atom is -0.489 e. The van der Waals surface area contributed by atoms with Crippen molar-refractivity contribution < 1.29 is 28.0 Å². The van der Waals surface area contributed by atoms with E-state index >= 15 is 0 Å². The van der Waals surface area contributed by atoms with E-state index in [1.807, 2.05) is 37.3 Å². The second kappa shape index (κ2) is 10.4. The molecule has 0 aliphatic carbocycles. The molecule has 2 heterocycles. The average molecular weight is 527 g/mol.